The molecule has 12 heteroatoms. The Morgan fingerprint density at radius 1 is 0.806 bits per heavy atom. The number of hydrogen-bond acceptors (Lipinski definition) is 7. The van der Waals surface area contributed by atoms with Gasteiger partial charge in [0.1, 0.15) is 35.3 Å². The fraction of sp³-hybridized carbons (Fsp3) is 0.340. The highest BCUT2D eigenvalue weighted by molar-refractivity contribution is 5.93. The lowest BCUT2D eigenvalue weighted by Gasteiger charge is -2.41. The molecular weight excluding hydrogens is 792 g/mol. The molecule has 2 saturated heterocycles. The summed E-state index contributed by atoms with van der Waals surface area (Å²) in [5.41, 5.74) is 4.88. The third-order valence-corrected chi connectivity index (χ3v) is 12.4. The van der Waals surface area contributed by atoms with Gasteiger partial charge in [-0.05, 0) is 84.3 Å². The van der Waals surface area contributed by atoms with Crippen LogP contribution in [-0.2, 0) is 20.9 Å². The summed E-state index contributed by atoms with van der Waals surface area (Å²) in [5.74, 6) is -1.56. The van der Waals surface area contributed by atoms with Crippen LogP contribution in [0, 0.1) is 11.6 Å². The summed E-state index contributed by atoms with van der Waals surface area (Å²) in [7, 11) is 0. The molecule has 0 radical (unpaired) electrons. The van der Waals surface area contributed by atoms with Crippen LogP contribution in [0.25, 0.3) is 22.3 Å². The molecule has 322 valence electrons. The number of allylic oxidation sites excluding steroid dienone is 2. The number of morpholine rings is 1. The number of carbonyl (C=O) groups is 2. The molecule has 9 nitrogen and oxygen atoms in total. The van der Waals surface area contributed by atoms with Crippen molar-refractivity contribution >= 4 is 11.9 Å². The van der Waals surface area contributed by atoms with Gasteiger partial charge in [0.2, 0.25) is 0 Å². The smallest absolute Gasteiger partial charge is 0.356 e. The van der Waals surface area contributed by atoms with Gasteiger partial charge in [-0.2, -0.15) is 0 Å². The van der Waals surface area contributed by atoms with Crippen LogP contribution in [0.3, 0.4) is 0 Å². The van der Waals surface area contributed by atoms with Gasteiger partial charge in [-0.15, -0.1) is 0 Å². The fourth-order valence-corrected chi connectivity index (χ4v) is 8.91. The van der Waals surface area contributed by atoms with Crippen molar-refractivity contribution in [2.75, 3.05) is 45.9 Å². The zero-order valence-electron chi connectivity index (χ0n) is 35.2. The van der Waals surface area contributed by atoms with Gasteiger partial charge in [-0.3, -0.25) is 9.69 Å². The number of esters is 1. The van der Waals surface area contributed by atoms with Crippen LogP contribution in [0.2, 0.25) is 0 Å². The standard InChI is InChI=1S/C50H52F3N5O4/c1-35(57-23-9-3-4-14-46(57)48(59)56-24-21-50(53,22-25-56)33-55-26-28-61-29-27-55)42-11-6-8-13-45(42)44-20-19-40(52)30-38(44)32-62-49(60)47-31-54-34-58(47)36(2)41-10-5-7-12-43(41)37-15-17-39(51)18-16-37/h5-20,23,30-31,34-36H,3-4,21-22,24-29,32-33H2,1-2H3. The quantitative estimate of drug-likeness (QED) is 0.116. The molecular formula is C50H52F3N5O4. The Hall–Kier alpha value is -5.98. The van der Waals surface area contributed by atoms with E-state index in [0.29, 0.717) is 56.1 Å². The summed E-state index contributed by atoms with van der Waals surface area (Å²) < 4.78 is 57.9. The SMILES string of the molecule is CC(c1ccccc1-c1ccc(F)cc1COC(=O)c1cncn1C(C)c1ccccc1-c1ccc(F)cc1)N1C=CCCC=C1C(=O)N1CCC(F)(CN2CCOCC2)CC1. The van der Waals surface area contributed by atoms with Gasteiger partial charge in [0.15, 0.2) is 0 Å². The topological polar surface area (TPSA) is 80.1 Å². The number of nitrogens with zero attached hydrogens (tertiary/aromatic N) is 5. The number of carbonyl (C=O) groups excluding carboxylic acids is 2. The van der Waals surface area contributed by atoms with Crippen molar-refractivity contribution in [3.05, 3.63) is 162 Å². The van der Waals surface area contributed by atoms with Crippen molar-refractivity contribution in [2.45, 2.75) is 63.9 Å². The van der Waals surface area contributed by atoms with Gasteiger partial charge in [0, 0.05) is 57.3 Å². The highest BCUT2D eigenvalue weighted by Crippen LogP contribution is 2.38. The molecule has 5 aromatic rings. The van der Waals surface area contributed by atoms with Crippen molar-refractivity contribution in [3.63, 3.8) is 0 Å². The van der Waals surface area contributed by atoms with Gasteiger partial charge >= 0.3 is 5.97 Å². The molecule has 0 N–H and O–H groups in total. The van der Waals surface area contributed by atoms with Crippen molar-refractivity contribution in [1.82, 2.24) is 24.3 Å². The largest absolute Gasteiger partial charge is 0.456 e. The molecule has 2 fully saturated rings. The van der Waals surface area contributed by atoms with E-state index in [1.165, 1.54) is 30.5 Å². The first-order valence-corrected chi connectivity index (χ1v) is 21.4. The second-order valence-electron chi connectivity index (χ2n) is 16.4. The number of aromatic nitrogens is 2. The monoisotopic (exact) mass is 843 g/mol. The van der Waals surface area contributed by atoms with Crippen LogP contribution in [0.4, 0.5) is 13.2 Å². The molecule has 0 bridgehead atoms. The van der Waals surface area contributed by atoms with Gasteiger partial charge in [-0.25, -0.2) is 22.9 Å². The maximum atomic E-state index is 16.0. The normalized spacial score (nSPS) is 17.9. The molecule has 1 amide bonds. The number of alkyl halides is 1. The van der Waals surface area contributed by atoms with E-state index >= 15 is 8.78 Å². The minimum atomic E-state index is -1.35. The van der Waals surface area contributed by atoms with Crippen LogP contribution in [0.1, 0.15) is 78.8 Å². The van der Waals surface area contributed by atoms with Crippen molar-refractivity contribution in [1.29, 1.82) is 0 Å². The zero-order chi connectivity index (χ0) is 43.2. The van der Waals surface area contributed by atoms with Crippen LogP contribution < -0.4 is 0 Å². The van der Waals surface area contributed by atoms with E-state index in [1.807, 2.05) is 79.6 Å². The maximum Gasteiger partial charge on any atom is 0.356 e. The van der Waals surface area contributed by atoms with Crippen LogP contribution in [0.15, 0.2) is 128 Å². The first-order valence-electron chi connectivity index (χ1n) is 21.4. The molecule has 0 saturated carbocycles. The summed E-state index contributed by atoms with van der Waals surface area (Å²) in [6.07, 6.45) is 11.0. The van der Waals surface area contributed by atoms with E-state index in [9.17, 15) is 14.0 Å². The Labute approximate surface area is 361 Å². The fourth-order valence-electron chi connectivity index (χ4n) is 8.91. The van der Waals surface area contributed by atoms with Gasteiger partial charge < -0.3 is 23.8 Å². The third kappa shape index (κ3) is 9.41. The Kier molecular flexibility index (Phi) is 13.1. The minimum absolute atomic E-state index is 0.129. The molecule has 2 atom stereocenters. The van der Waals surface area contributed by atoms with Gasteiger partial charge in [-0.1, -0.05) is 78.9 Å². The van der Waals surface area contributed by atoms with E-state index in [0.717, 1.165) is 47.3 Å². The highest BCUT2D eigenvalue weighted by Gasteiger charge is 2.39. The Morgan fingerprint density at radius 3 is 2.23 bits per heavy atom. The first-order chi connectivity index (χ1) is 30.1. The molecule has 8 rings (SSSR count). The van der Waals surface area contributed by atoms with Crippen LogP contribution in [0.5, 0.6) is 0 Å². The second-order valence-corrected chi connectivity index (χ2v) is 16.4. The molecule has 4 aromatic carbocycles. The van der Waals surface area contributed by atoms with E-state index in [2.05, 4.69) is 16.0 Å². The van der Waals surface area contributed by atoms with Crippen molar-refractivity contribution in [2.24, 2.45) is 0 Å². The number of piperidine rings is 1. The Morgan fingerprint density at radius 2 is 1.48 bits per heavy atom. The molecule has 3 aliphatic rings. The maximum absolute atomic E-state index is 16.0. The Balaban J connectivity index is 0.996. The van der Waals surface area contributed by atoms with E-state index < -0.39 is 17.5 Å². The average molecular weight is 844 g/mol. The summed E-state index contributed by atoms with van der Waals surface area (Å²) in [6, 6.07) is 25.6. The lowest BCUT2D eigenvalue weighted by atomic mass is 9.91. The van der Waals surface area contributed by atoms with Gasteiger partial charge in [0.05, 0.1) is 37.8 Å². The first kappa shape index (κ1) is 42.7. The highest BCUT2D eigenvalue weighted by atomic mass is 19.1. The van der Waals surface area contributed by atoms with E-state index in [-0.39, 0.29) is 49.0 Å². The van der Waals surface area contributed by atoms with Crippen LogP contribution in [-0.4, -0.2) is 87.7 Å². The number of rotatable bonds is 12. The number of ether oxygens (including phenoxy) is 2. The zero-order valence-corrected chi connectivity index (χ0v) is 35.2. The number of likely N-dealkylation sites (tertiary alicyclic amines) is 1. The molecule has 2 unspecified atom stereocenters. The molecule has 3 aliphatic heterocycles. The number of hydrogen-bond donors (Lipinski definition) is 0. The lowest BCUT2D eigenvalue weighted by molar-refractivity contribution is -0.131. The molecule has 0 aliphatic carbocycles. The molecule has 0 spiro atoms. The summed E-state index contributed by atoms with van der Waals surface area (Å²) >= 11 is 0. The summed E-state index contributed by atoms with van der Waals surface area (Å²) in [5, 5.41) is 0. The van der Waals surface area contributed by atoms with E-state index in [1.54, 1.807) is 34.0 Å². The third-order valence-electron chi connectivity index (χ3n) is 12.4. The number of amides is 1. The summed E-state index contributed by atoms with van der Waals surface area (Å²) in [4.78, 5) is 38.3. The van der Waals surface area contributed by atoms with Crippen molar-refractivity contribution < 1.29 is 32.2 Å². The minimum Gasteiger partial charge on any atom is -0.456 e. The predicted octanol–water partition coefficient (Wildman–Crippen LogP) is 9.68. The molecule has 62 heavy (non-hydrogen) atoms. The second kappa shape index (κ2) is 19.0. The van der Waals surface area contributed by atoms with Gasteiger partial charge in [0.25, 0.3) is 5.91 Å². The predicted molar refractivity (Wildman–Crippen MR) is 232 cm³/mol. The average Bonchev–Trinajstić information content (AvgIpc) is 3.66. The number of imidazole rings is 1. The lowest BCUT2D eigenvalue weighted by Crippen LogP contribution is -2.52. The summed E-state index contributed by atoms with van der Waals surface area (Å²) in [6.45, 7) is 7.44. The van der Waals surface area contributed by atoms with Crippen LogP contribution >= 0.6 is 0 Å². The number of benzene rings is 4. The Bertz CT molecular complexity index is 2430. The van der Waals surface area contributed by atoms with Crippen molar-refractivity contribution in [3.8, 4) is 22.3 Å². The molecule has 1 aromatic heterocycles. The number of halogens is 3. The van der Waals surface area contributed by atoms with E-state index in [4.69, 9.17) is 9.47 Å². The molecule has 4 heterocycles.